The van der Waals surface area contributed by atoms with Gasteiger partial charge in [-0.1, -0.05) is 44.2 Å². The molecule has 0 spiro atoms. The second-order valence-corrected chi connectivity index (χ2v) is 6.46. The Hall–Kier alpha value is -0.933. The molecule has 0 aliphatic carbocycles. The SMILES string of the molecule is CC[Si](CC)OC(C)C(=O)c1ccccc1. The molecule has 0 N–H and O–H groups in total. The molecule has 3 heteroatoms. The van der Waals surface area contributed by atoms with Crippen LogP contribution in [0.1, 0.15) is 31.1 Å². The third kappa shape index (κ3) is 3.58. The molecule has 1 aromatic rings. The van der Waals surface area contributed by atoms with Crippen LogP contribution >= 0.6 is 0 Å². The highest BCUT2D eigenvalue weighted by Gasteiger charge is 2.19. The van der Waals surface area contributed by atoms with Crippen molar-refractivity contribution in [3.05, 3.63) is 35.9 Å². The van der Waals surface area contributed by atoms with Gasteiger partial charge in [0.2, 0.25) is 9.04 Å². The number of hydrogen-bond acceptors (Lipinski definition) is 2. The molecule has 0 saturated carbocycles. The summed E-state index contributed by atoms with van der Waals surface area (Å²) in [5.41, 5.74) is 0.739. The summed E-state index contributed by atoms with van der Waals surface area (Å²) in [4.78, 5) is 12.0. The molecular formula is C13H19O2Si. The minimum atomic E-state index is -0.795. The van der Waals surface area contributed by atoms with Crippen LogP contribution in [0, 0.1) is 0 Å². The van der Waals surface area contributed by atoms with Crippen molar-refractivity contribution in [2.75, 3.05) is 0 Å². The Morgan fingerprint density at radius 1 is 1.25 bits per heavy atom. The molecule has 1 unspecified atom stereocenters. The largest absolute Gasteiger partial charge is 0.407 e. The quantitative estimate of drug-likeness (QED) is 0.558. The van der Waals surface area contributed by atoms with Crippen molar-refractivity contribution in [3.8, 4) is 0 Å². The van der Waals surface area contributed by atoms with E-state index in [1.165, 1.54) is 0 Å². The van der Waals surface area contributed by atoms with Crippen LogP contribution < -0.4 is 0 Å². The normalized spacial score (nSPS) is 12.8. The Bertz CT molecular complexity index is 320. The summed E-state index contributed by atoms with van der Waals surface area (Å²) in [6.45, 7) is 6.10. The van der Waals surface area contributed by atoms with Crippen molar-refractivity contribution in [2.45, 2.75) is 39.0 Å². The number of rotatable bonds is 6. The number of carbonyl (C=O) groups excluding carboxylic acids is 1. The van der Waals surface area contributed by atoms with Gasteiger partial charge in [-0.3, -0.25) is 4.79 Å². The molecule has 2 nitrogen and oxygen atoms in total. The first-order valence-electron chi connectivity index (χ1n) is 5.79. The molecule has 1 radical (unpaired) electrons. The third-order valence-electron chi connectivity index (χ3n) is 2.56. The highest BCUT2D eigenvalue weighted by Crippen LogP contribution is 2.10. The lowest BCUT2D eigenvalue weighted by Crippen LogP contribution is -2.28. The van der Waals surface area contributed by atoms with E-state index in [0.29, 0.717) is 0 Å². The van der Waals surface area contributed by atoms with E-state index < -0.39 is 9.04 Å². The Labute approximate surface area is 99.4 Å². The monoisotopic (exact) mass is 235 g/mol. The molecule has 87 valence electrons. The van der Waals surface area contributed by atoms with E-state index in [1.54, 1.807) is 0 Å². The lowest BCUT2D eigenvalue weighted by atomic mass is 10.1. The summed E-state index contributed by atoms with van der Waals surface area (Å²) in [5.74, 6) is 0.0880. The molecule has 0 aliphatic rings. The minimum Gasteiger partial charge on any atom is -0.407 e. The van der Waals surface area contributed by atoms with Crippen molar-refractivity contribution in [1.29, 1.82) is 0 Å². The fourth-order valence-electron chi connectivity index (χ4n) is 1.56. The van der Waals surface area contributed by atoms with E-state index in [2.05, 4.69) is 13.8 Å². The van der Waals surface area contributed by atoms with Gasteiger partial charge in [-0.15, -0.1) is 0 Å². The van der Waals surface area contributed by atoms with Crippen molar-refractivity contribution in [3.63, 3.8) is 0 Å². The fraction of sp³-hybridized carbons (Fsp3) is 0.462. The second-order valence-electron chi connectivity index (χ2n) is 3.74. The van der Waals surface area contributed by atoms with E-state index in [1.807, 2.05) is 37.3 Å². The molecular weight excluding hydrogens is 216 g/mol. The molecule has 1 atom stereocenters. The van der Waals surface area contributed by atoms with E-state index >= 15 is 0 Å². The highest BCUT2D eigenvalue weighted by atomic mass is 28.3. The molecule has 1 aromatic carbocycles. The molecule has 0 aromatic heterocycles. The first-order chi connectivity index (χ1) is 7.69. The summed E-state index contributed by atoms with van der Waals surface area (Å²) in [6.07, 6.45) is -0.309. The van der Waals surface area contributed by atoms with E-state index in [-0.39, 0.29) is 11.9 Å². The van der Waals surface area contributed by atoms with Crippen LogP contribution in [0.5, 0.6) is 0 Å². The van der Waals surface area contributed by atoms with Gasteiger partial charge >= 0.3 is 0 Å². The lowest BCUT2D eigenvalue weighted by molar-refractivity contribution is 0.0814. The maximum Gasteiger partial charge on any atom is 0.211 e. The van der Waals surface area contributed by atoms with Crippen LogP contribution in [-0.2, 0) is 4.43 Å². The van der Waals surface area contributed by atoms with Crippen LogP contribution in [0.15, 0.2) is 30.3 Å². The van der Waals surface area contributed by atoms with Gasteiger partial charge < -0.3 is 4.43 Å². The molecule has 0 aliphatic heterocycles. The summed E-state index contributed by atoms with van der Waals surface area (Å²) in [5, 5.41) is 0. The number of Topliss-reactive ketones (excluding diaryl/α,β-unsaturated/α-hetero) is 1. The molecule has 0 heterocycles. The average Bonchev–Trinajstić information content (AvgIpc) is 2.35. The summed E-state index contributed by atoms with van der Waals surface area (Å²) >= 11 is 0. The smallest absolute Gasteiger partial charge is 0.211 e. The van der Waals surface area contributed by atoms with E-state index in [4.69, 9.17) is 4.43 Å². The van der Waals surface area contributed by atoms with Crippen molar-refractivity contribution in [1.82, 2.24) is 0 Å². The van der Waals surface area contributed by atoms with E-state index in [0.717, 1.165) is 17.7 Å². The van der Waals surface area contributed by atoms with Crippen LogP contribution in [0.4, 0.5) is 0 Å². The summed E-state index contributed by atoms with van der Waals surface area (Å²) in [7, 11) is -0.795. The first-order valence-corrected chi connectivity index (χ1v) is 7.61. The first kappa shape index (κ1) is 13.1. The van der Waals surface area contributed by atoms with Crippen molar-refractivity contribution < 1.29 is 9.22 Å². The predicted octanol–water partition coefficient (Wildman–Crippen LogP) is 3.31. The standard InChI is InChI=1S/C13H19O2Si/c1-4-16(5-2)15-11(3)13(14)12-9-7-6-8-10-12/h6-11H,4-5H2,1-3H3. The Balaban J connectivity index is 2.61. The van der Waals surface area contributed by atoms with Crippen LogP contribution in [0.3, 0.4) is 0 Å². The maximum atomic E-state index is 12.0. The Kier molecular flexibility index (Phi) is 5.42. The van der Waals surface area contributed by atoms with Gasteiger partial charge in [-0.2, -0.15) is 0 Å². The predicted molar refractivity (Wildman–Crippen MR) is 68.0 cm³/mol. The zero-order valence-corrected chi connectivity index (χ0v) is 11.2. The van der Waals surface area contributed by atoms with Gasteiger partial charge in [-0.05, 0) is 19.0 Å². The van der Waals surface area contributed by atoms with Gasteiger partial charge in [0.1, 0.15) is 6.10 Å². The van der Waals surface area contributed by atoms with Gasteiger partial charge in [0.15, 0.2) is 5.78 Å². The summed E-state index contributed by atoms with van der Waals surface area (Å²) < 4.78 is 5.82. The Morgan fingerprint density at radius 2 is 1.81 bits per heavy atom. The van der Waals surface area contributed by atoms with Gasteiger partial charge in [0.25, 0.3) is 0 Å². The number of carbonyl (C=O) groups is 1. The van der Waals surface area contributed by atoms with Crippen molar-refractivity contribution in [2.24, 2.45) is 0 Å². The van der Waals surface area contributed by atoms with Gasteiger partial charge in [-0.25, -0.2) is 0 Å². The summed E-state index contributed by atoms with van der Waals surface area (Å²) in [6, 6.07) is 11.5. The average molecular weight is 235 g/mol. The van der Waals surface area contributed by atoms with E-state index in [9.17, 15) is 4.79 Å². The molecule has 0 saturated heterocycles. The third-order valence-corrected chi connectivity index (χ3v) is 4.82. The maximum absolute atomic E-state index is 12.0. The highest BCUT2D eigenvalue weighted by molar-refractivity contribution is 6.51. The zero-order chi connectivity index (χ0) is 12.0. The number of ketones is 1. The van der Waals surface area contributed by atoms with Crippen LogP contribution in [0.2, 0.25) is 12.1 Å². The topological polar surface area (TPSA) is 26.3 Å². The lowest BCUT2D eigenvalue weighted by Gasteiger charge is -2.17. The molecule has 1 rings (SSSR count). The molecule has 16 heavy (non-hydrogen) atoms. The van der Waals surface area contributed by atoms with Gasteiger partial charge in [0.05, 0.1) is 0 Å². The zero-order valence-electron chi connectivity index (χ0n) is 10.2. The van der Waals surface area contributed by atoms with Crippen LogP contribution in [-0.4, -0.2) is 20.9 Å². The molecule has 0 bridgehead atoms. The van der Waals surface area contributed by atoms with Crippen molar-refractivity contribution >= 4 is 14.8 Å². The minimum absolute atomic E-state index is 0.0880. The molecule has 0 fully saturated rings. The number of benzene rings is 1. The fourth-order valence-corrected chi connectivity index (χ4v) is 3.00. The number of hydrogen-bond donors (Lipinski definition) is 0. The second kappa shape index (κ2) is 6.61. The Morgan fingerprint density at radius 3 is 2.31 bits per heavy atom. The van der Waals surface area contributed by atoms with Crippen LogP contribution in [0.25, 0.3) is 0 Å². The molecule has 0 amide bonds. The van der Waals surface area contributed by atoms with Gasteiger partial charge in [0, 0.05) is 5.56 Å².